The van der Waals surface area contributed by atoms with Crippen molar-refractivity contribution in [1.29, 1.82) is 0 Å². The van der Waals surface area contributed by atoms with Gasteiger partial charge in [-0.05, 0) is 6.92 Å². The van der Waals surface area contributed by atoms with E-state index in [9.17, 15) is 4.79 Å². The van der Waals surface area contributed by atoms with Gasteiger partial charge in [0.15, 0.2) is 0 Å². The van der Waals surface area contributed by atoms with Crippen LogP contribution in [0.25, 0.3) is 0 Å². The maximum absolute atomic E-state index is 10.6. The highest BCUT2D eigenvalue weighted by molar-refractivity contribution is 6.69. The SMILES string of the molecule is CC1=NNC(=O)C1(Cl)Cl. The van der Waals surface area contributed by atoms with Gasteiger partial charge >= 0.3 is 0 Å². The topological polar surface area (TPSA) is 41.5 Å². The van der Waals surface area contributed by atoms with Gasteiger partial charge in [0.25, 0.3) is 5.91 Å². The van der Waals surface area contributed by atoms with Crippen LogP contribution in [0.3, 0.4) is 0 Å². The molecule has 0 aromatic rings. The van der Waals surface area contributed by atoms with Crippen LogP contribution in [0.5, 0.6) is 0 Å². The van der Waals surface area contributed by atoms with Gasteiger partial charge in [0.2, 0.25) is 4.33 Å². The fourth-order valence-corrected chi connectivity index (χ4v) is 0.608. The molecular formula is C4H4Cl2N2O. The molecule has 0 radical (unpaired) electrons. The number of hydrogen-bond acceptors (Lipinski definition) is 2. The van der Waals surface area contributed by atoms with Crippen molar-refractivity contribution in [2.24, 2.45) is 5.10 Å². The maximum atomic E-state index is 10.6. The molecule has 0 bridgehead atoms. The standard InChI is InChI=1S/C4H4Cl2N2O/c1-2-4(5,6)3(9)8-7-2/h1H3,(H,8,9). The smallest absolute Gasteiger partial charge is 0.269 e. The first-order chi connectivity index (χ1) is 4.05. The molecule has 0 fully saturated rings. The third kappa shape index (κ3) is 0.904. The maximum Gasteiger partial charge on any atom is 0.282 e. The lowest BCUT2D eigenvalue weighted by molar-refractivity contribution is -0.119. The van der Waals surface area contributed by atoms with Crippen molar-refractivity contribution in [1.82, 2.24) is 5.43 Å². The Kier molecular flexibility index (Phi) is 1.41. The largest absolute Gasteiger partial charge is 0.282 e. The summed E-state index contributed by atoms with van der Waals surface area (Å²) in [6.45, 7) is 1.58. The van der Waals surface area contributed by atoms with Crippen LogP contribution in [-0.4, -0.2) is 16.0 Å². The van der Waals surface area contributed by atoms with E-state index in [-0.39, 0.29) is 0 Å². The van der Waals surface area contributed by atoms with Crippen LogP contribution in [0.4, 0.5) is 0 Å². The quantitative estimate of drug-likeness (QED) is 0.529. The summed E-state index contributed by atoms with van der Waals surface area (Å²) < 4.78 is -1.44. The van der Waals surface area contributed by atoms with E-state index in [1.807, 2.05) is 0 Å². The van der Waals surface area contributed by atoms with Crippen molar-refractivity contribution in [3.05, 3.63) is 0 Å². The van der Waals surface area contributed by atoms with Crippen molar-refractivity contribution in [2.75, 3.05) is 0 Å². The number of rotatable bonds is 0. The molecule has 0 spiro atoms. The summed E-state index contributed by atoms with van der Waals surface area (Å²) in [6.07, 6.45) is 0. The lowest BCUT2D eigenvalue weighted by atomic mass is 10.3. The summed E-state index contributed by atoms with van der Waals surface area (Å²) >= 11 is 11.0. The van der Waals surface area contributed by atoms with Gasteiger partial charge in [0.1, 0.15) is 0 Å². The normalized spacial score (nSPS) is 23.4. The lowest BCUT2D eigenvalue weighted by Crippen LogP contribution is -2.32. The second-order valence-corrected chi connectivity index (χ2v) is 3.04. The summed E-state index contributed by atoms with van der Waals surface area (Å²) in [4.78, 5) is 10.6. The number of nitrogens with zero attached hydrogens (tertiary/aromatic N) is 1. The Bertz CT molecular complexity index is 187. The van der Waals surface area contributed by atoms with E-state index in [0.717, 1.165) is 0 Å². The molecule has 1 N–H and O–H groups in total. The highest BCUT2D eigenvalue weighted by Gasteiger charge is 2.41. The van der Waals surface area contributed by atoms with E-state index in [4.69, 9.17) is 23.2 Å². The van der Waals surface area contributed by atoms with Crippen molar-refractivity contribution in [3.8, 4) is 0 Å². The first-order valence-electron chi connectivity index (χ1n) is 2.28. The van der Waals surface area contributed by atoms with Crippen LogP contribution in [0, 0.1) is 0 Å². The molecule has 5 heteroatoms. The van der Waals surface area contributed by atoms with Crippen molar-refractivity contribution in [2.45, 2.75) is 11.3 Å². The fraction of sp³-hybridized carbons (Fsp3) is 0.500. The van der Waals surface area contributed by atoms with Crippen molar-refractivity contribution >= 4 is 34.8 Å². The minimum absolute atomic E-state index is 0.385. The lowest BCUT2D eigenvalue weighted by Gasteiger charge is -2.05. The number of nitrogens with one attached hydrogen (secondary N) is 1. The molecule has 1 aliphatic heterocycles. The first kappa shape index (κ1) is 6.83. The average molecular weight is 167 g/mol. The number of carbonyl (C=O) groups excluding carboxylic acids is 1. The minimum Gasteiger partial charge on any atom is -0.269 e. The van der Waals surface area contributed by atoms with Gasteiger partial charge in [-0.1, -0.05) is 23.2 Å². The van der Waals surface area contributed by atoms with Crippen LogP contribution < -0.4 is 5.43 Å². The molecule has 9 heavy (non-hydrogen) atoms. The molecule has 0 aromatic heterocycles. The van der Waals surface area contributed by atoms with E-state index in [1.54, 1.807) is 6.92 Å². The Balaban J connectivity index is 2.93. The van der Waals surface area contributed by atoms with Gasteiger partial charge in [0.05, 0.1) is 5.71 Å². The monoisotopic (exact) mass is 166 g/mol. The molecule has 3 nitrogen and oxygen atoms in total. The summed E-state index contributed by atoms with van der Waals surface area (Å²) in [5, 5.41) is 3.52. The molecule has 1 aliphatic rings. The number of hydrogen-bond donors (Lipinski definition) is 1. The van der Waals surface area contributed by atoms with E-state index >= 15 is 0 Å². The number of hydrazone groups is 1. The zero-order chi connectivity index (χ0) is 7.07. The van der Waals surface area contributed by atoms with Gasteiger partial charge in [0, 0.05) is 0 Å². The second-order valence-electron chi connectivity index (χ2n) is 1.71. The molecule has 0 unspecified atom stereocenters. The van der Waals surface area contributed by atoms with Crippen molar-refractivity contribution < 1.29 is 4.79 Å². The zero-order valence-electron chi connectivity index (χ0n) is 4.61. The Morgan fingerprint density at radius 2 is 2.22 bits per heavy atom. The van der Waals surface area contributed by atoms with Crippen molar-refractivity contribution in [3.63, 3.8) is 0 Å². The highest BCUT2D eigenvalue weighted by Crippen LogP contribution is 2.26. The van der Waals surface area contributed by atoms with Crippen LogP contribution in [0.1, 0.15) is 6.92 Å². The van der Waals surface area contributed by atoms with Gasteiger partial charge in [-0.15, -0.1) is 0 Å². The number of carbonyl (C=O) groups is 1. The third-order valence-electron chi connectivity index (χ3n) is 1.06. The molecule has 50 valence electrons. The zero-order valence-corrected chi connectivity index (χ0v) is 6.12. The van der Waals surface area contributed by atoms with Crippen LogP contribution >= 0.6 is 23.2 Å². The van der Waals surface area contributed by atoms with Gasteiger partial charge in [-0.3, -0.25) is 4.79 Å². The molecule has 1 heterocycles. The Morgan fingerprint density at radius 1 is 1.67 bits per heavy atom. The van der Waals surface area contributed by atoms with Crippen LogP contribution in [0.2, 0.25) is 0 Å². The van der Waals surface area contributed by atoms with Crippen LogP contribution in [-0.2, 0) is 4.79 Å². The predicted octanol–water partition coefficient (Wildman–Crippen LogP) is 0.666. The van der Waals surface area contributed by atoms with Gasteiger partial charge < -0.3 is 0 Å². The van der Waals surface area contributed by atoms with Gasteiger partial charge in [-0.2, -0.15) is 5.10 Å². The first-order valence-corrected chi connectivity index (χ1v) is 3.04. The summed E-state index contributed by atoms with van der Waals surface area (Å²) in [7, 11) is 0. The molecule has 0 saturated carbocycles. The van der Waals surface area contributed by atoms with Crippen LogP contribution in [0.15, 0.2) is 5.10 Å². The molecular weight excluding hydrogens is 163 g/mol. The Labute approximate surface area is 62.0 Å². The van der Waals surface area contributed by atoms with E-state index in [1.165, 1.54) is 0 Å². The number of alkyl halides is 2. The highest BCUT2D eigenvalue weighted by atomic mass is 35.5. The predicted molar refractivity (Wildman–Crippen MR) is 35.7 cm³/mol. The van der Waals surface area contributed by atoms with E-state index in [2.05, 4.69) is 10.5 Å². The fourth-order valence-electron chi connectivity index (χ4n) is 0.439. The van der Waals surface area contributed by atoms with Gasteiger partial charge in [-0.25, -0.2) is 5.43 Å². The molecule has 0 saturated heterocycles. The molecule has 0 aromatic carbocycles. The molecule has 0 atom stereocenters. The number of amides is 1. The molecule has 1 rings (SSSR count). The molecule has 1 amide bonds. The summed E-state index contributed by atoms with van der Waals surface area (Å²) in [5.74, 6) is -0.483. The minimum atomic E-state index is -1.44. The van der Waals surface area contributed by atoms with E-state index < -0.39 is 10.2 Å². The summed E-state index contributed by atoms with van der Waals surface area (Å²) in [6, 6.07) is 0. The molecule has 0 aliphatic carbocycles. The number of halogens is 2. The Morgan fingerprint density at radius 3 is 2.33 bits per heavy atom. The third-order valence-corrected chi connectivity index (χ3v) is 1.96. The Hall–Kier alpha value is -0.280. The second kappa shape index (κ2) is 1.85. The van der Waals surface area contributed by atoms with E-state index in [0.29, 0.717) is 5.71 Å². The summed E-state index contributed by atoms with van der Waals surface area (Å²) in [5.41, 5.74) is 2.53. The average Bonchev–Trinajstić information content (AvgIpc) is 1.96.